The van der Waals surface area contributed by atoms with E-state index in [2.05, 4.69) is 4.40 Å². The van der Waals surface area contributed by atoms with Gasteiger partial charge in [-0.05, 0) is 17.8 Å². The van der Waals surface area contributed by atoms with Crippen molar-refractivity contribution in [2.75, 3.05) is 0 Å². The minimum Gasteiger partial charge on any atom is -0.199 e. The highest BCUT2D eigenvalue weighted by Gasteiger charge is 2.29. The maximum absolute atomic E-state index is 11.8. The molecule has 0 saturated carbocycles. The molecule has 0 N–H and O–H groups in total. The minimum atomic E-state index is -3.54. The fourth-order valence-electron chi connectivity index (χ4n) is 1.07. The van der Waals surface area contributed by atoms with Crippen LogP contribution in [0.25, 0.3) is 0 Å². The van der Waals surface area contributed by atoms with Crippen molar-refractivity contribution in [3.05, 3.63) is 10.4 Å². The highest BCUT2D eigenvalue weighted by molar-refractivity contribution is 8.40. The molecule has 0 unspecified atom stereocenters. The quantitative estimate of drug-likeness (QED) is 0.793. The van der Waals surface area contributed by atoms with Crippen molar-refractivity contribution in [2.24, 2.45) is 4.40 Å². The lowest BCUT2D eigenvalue weighted by Gasteiger charge is -2.12. The topological polar surface area (TPSA) is 46.5 Å². The van der Waals surface area contributed by atoms with Crippen LogP contribution in [0, 0.1) is 0 Å². The molecule has 2 rings (SSSR count). The van der Waals surface area contributed by atoms with Gasteiger partial charge in [-0.3, -0.25) is 0 Å². The Balaban J connectivity index is 2.42. The van der Waals surface area contributed by atoms with Crippen LogP contribution in [0.4, 0.5) is 0 Å². The molecular formula is C8H8ClNO2S4. The van der Waals surface area contributed by atoms with Crippen LogP contribution >= 0.6 is 46.5 Å². The van der Waals surface area contributed by atoms with Gasteiger partial charge in [0.05, 0.1) is 8.55 Å². The van der Waals surface area contributed by atoms with Crippen molar-refractivity contribution >= 4 is 60.9 Å². The van der Waals surface area contributed by atoms with E-state index < -0.39 is 10.0 Å². The van der Waals surface area contributed by atoms with Gasteiger partial charge in [-0.1, -0.05) is 37.2 Å². The first kappa shape index (κ1) is 12.8. The Bertz CT molecular complexity index is 546. The number of hydrogen-bond acceptors (Lipinski definition) is 5. The van der Waals surface area contributed by atoms with Crippen LogP contribution in [0.2, 0.25) is 4.34 Å². The maximum Gasteiger partial charge on any atom is 0.285 e. The van der Waals surface area contributed by atoms with E-state index in [4.69, 9.17) is 11.6 Å². The van der Waals surface area contributed by atoms with Gasteiger partial charge in [-0.15, -0.1) is 15.7 Å². The normalized spacial score (nSPS) is 18.4. The number of thiophene rings is 1. The van der Waals surface area contributed by atoms with Gasteiger partial charge in [0.2, 0.25) is 0 Å². The van der Waals surface area contributed by atoms with E-state index in [-0.39, 0.29) is 4.90 Å². The third-order valence-corrected chi connectivity index (χ3v) is 6.95. The second kappa shape index (κ2) is 4.53. The highest BCUT2D eigenvalue weighted by atomic mass is 35.5. The number of thioether (sulfide) groups is 2. The van der Waals surface area contributed by atoms with Crippen LogP contribution < -0.4 is 0 Å². The molecule has 0 spiro atoms. The van der Waals surface area contributed by atoms with E-state index in [0.29, 0.717) is 18.2 Å². The minimum absolute atomic E-state index is 0.237. The fourth-order valence-corrected chi connectivity index (χ4v) is 7.34. The predicted molar refractivity (Wildman–Crippen MR) is 72.5 cm³/mol. The number of nitrogens with zero attached hydrogens (tertiary/aromatic N) is 1. The zero-order chi connectivity index (χ0) is 11.9. The summed E-state index contributed by atoms with van der Waals surface area (Å²) < 4.78 is 29.2. The molecule has 16 heavy (non-hydrogen) atoms. The Kier molecular flexibility index (Phi) is 3.61. The molecule has 0 amide bonds. The number of halogens is 1. The third kappa shape index (κ3) is 2.59. The van der Waals surface area contributed by atoms with E-state index in [1.54, 1.807) is 0 Å². The summed E-state index contributed by atoms with van der Waals surface area (Å²) in [5.74, 6) is 0. The predicted octanol–water partition coefficient (Wildman–Crippen LogP) is 3.69. The molecule has 88 valence electrons. The molecule has 8 heteroatoms. The van der Waals surface area contributed by atoms with Crippen LogP contribution in [0.15, 0.2) is 19.6 Å². The zero-order valence-electron chi connectivity index (χ0n) is 8.43. The molecule has 0 atom stereocenters. The van der Waals surface area contributed by atoms with Gasteiger partial charge in [0.1, 0.15) is 9.27 Å². The number of sulfonamides is 1. The zero-order valence-corrected chi connectivity index (χ0v) is 12.5. The summed E-state index contributed by atoms with van der Waals surface area (Å²) in [5, 5.41) is 0.304. The summed E-state index contributed by atoms with van der Waals surface area (Å²) >= 11 is 9.92. The Morgan fingerprint density at radius 3 is 2.81 bits per heavy atom. The SMILES string of the molecule is CC(C)SC1=NS(=O)(=O)c2cc(Cl)sc2S1. The van der Waals surface area contributed by atoms with Gasteiger partial charge in [-0.2, -0.15) is 8.42 Å². The summed E-state index contributed by atoms with van der Waals surface area (Å²) in [5.41, 5.74) is 0. The molecule has 0 aliphatic carbocycles. The van der Waals surface area contributed by atoms with Crippen molar-refractivity contribution in [3.8, 4) is 0 Å². The molecule has 3 nitrogen and oxygen atoms in total. The maximum atomic E-state index is 11.8. The second-order valence-electron chi connectivity index (χ2n) is 3.30. The van der Waals surface area contributed by atoms with Crippen LogP contribution in [-0.2, 0) is 10.0 Å². The average molecular weight is 314 g/mol. The molecule has 1 aromatic heterocycles. The van der Waals surface area contributed by atoms with E-state index in [1.807, 2.05) is 13.8 Å². The van der Waals surface area contributed by atoms with Crippen molar-refractivity contribution in [2.45, 2.75) is 28.2 Å². The molecule has 1 aromatic rings. The molecule has 1 aliphatic heterocycles. The Labute approximate surface area is 112 Å². The second-order valence-corrected chi connectivity index (χ2v) is 9.64. The first-order valence-electron chi connectivity index (χ1n) is 4.37. The molecule has 0 saturated heterocycles. The molecule has 2 heterocycles. The standard InChI is InChI=1S/C8H8ClNO2S4/c1-4(2)13-8-10-16(11,12)5-3-6(9)14-7(5)15-8/h3-4H,1-2H3. The lowest BCUT2D eigenvalue weighted by molar-refractivity contribution is 0.597. The molecule has 0 radical (unpaired) electrons. The lowest BCUT2D eigenvalue weighted by Crippen LogP contribution is -2.06. The van der Waals surface area contributed by atoms with Gasteiger partial charge >= 0.3 is 0 Å². The number of fused-ring (bicyclic) bond motifs is 1. The van der Waals surface area contributed by atoms with E-state index in [9.17, 15) is 8.42 Å². The molecule has 0 aromatic carbocycles. The Morgan fingerprint density at radius 2 is 2.19 bits per heavy atom. The van der Waals surface area contributed by atoms with Crippen LogP contribution in [0.1, 0.15) is 13.8 Å². The van der Waals surface area contributed by atoms with E-state index in [1.165, 1.54) is 40.9 Å². The summed E-state index contributed by atoms with van der Waals surface area (Å²) in [6.45, 7) is 3.99. The van der Waals surface area contributed by atoms with E-state index in [0.717, 1.165) is 0 Å². The Hall–Kier alpha value is 0.310. The molecule has 1 aliphatic rings. The van der Waals surface area contributed by atoms with Gasteiger partial charge in [0, 0.05) is 5.25 Å². The highest BCUT2D eigenvalue weighted by Crippen LogP contribution is 2.44. The summed E-state index contributed by atoms with van der Waals surface area (Å²) in [7, 11) is -3.54. The smallest absolute Gasteiger partial charge is 0.199 e. The first-order chi connectivity index (χ1) is 7.38. The number of hydrogen-bond donors (Lipinski definition) is 0. The largest absolute Gasteiger partial charge is 0.285 e. The average Bonchev–Trinajstić information content (AvgIpc) is 2.44. The summed E-state index contributed by atoms with van der Waals surface area (Å²) in [6.07, 6.45) is 0. The van der Waals surface area contributed by atoms with Gasteiger partial charge in [-0.25, -0.2) is 0 Å². The lowest BCUT2D eigenvalue weighted by atomic mass is 10.6. The van der Waals surface area contributed by atoms with Crippen molar-refractivity contribution < 1.29 is 8.42 Å². The van der Waals surface area contributed by atoms with Crippen molar-refractivity contribution in [1.29, 1.82) is 0 Å². The van der Waals surface area contributed by atoms with Crippen LogP contribution in [-0.4, -0.2) is 18.0 Å². The van der Waals surface area contributed by atoms with Gasteiger partial charge in [0.25, 0.3) is 10.0 Å². The summed E-state index contributed by atoms with van der Waals surface area (Å²) in [4.78, 5) is 0.237. The van der Waals surface area contributed by atoms with Crippen LogP contribution in [0.3, 0.4) is 0 Å². The first-order valence-corrected chi connectivity index (χ1v) is 8.70. The van der Waals surface area contributed by atoms with Gasteiger partial charge < -0.3 is 0 Å². The monoisotopic (exact) mass is 313 g/mol. The summed E-state index contributed by atoms with van der Waals surface area (Å²) in [6, 6.07) is 1.46. The van der Waals surface area contributed by atoms with Crippen molar-refractivity contribution in [1.82, 2.24) is 0 Å². The van der Waals surface area contributed by atoms with Gasteiger partial charge in [0.15, 0.2) is 0 Å². The van der Waals surface area contributed by atoms with E-state index >= 15 is 0 Å². The third-order valence-electron chi connectivity index (χ3n) is 1.63. The van der Waals surface area contributed by atoms with Crippen LogP contribution in [0.5, 0.6) is 0 Å². The molecular weight excluding hydrogens is 306 g/mol. The van der Waals surface area contributed by atoms with Crippen molar-refractivity contribution in [3.63, 3.8) is 0 Å². The fraction of sp³-hybridized carbons (Fsp3) is 0.375. The Morgan fingerprint density at radius 1 is 1.50 bits per heavy atom. The number of rotatable bonds is 1. The molecule has 0 bridgehead atoms. The molecule has 0 fully saturated rings.